The zero-order valence-corrected chi connectivity index (χ0v) is 14.6. The molecule has 0 saturated carbocycles. The molecule has 25 heavy (non-hydrogen) atoms. The molecule has 0 unspecified atom stereocenters. The number of methoxy groups -OCH3 is 1. The third kappa shape index (κ3) is 4.01. The first kappa shape index (κ1) is 17.9. The third-order valence-electron chi connectivity index (χ3n) is 5.30. The van der Waals surface area contributed by atoms with E-state index in [2.05, 4.69) is 15.1 Å². The molecule has 1 aromatic rings. The maximum atomic E-state index is 12.3. The van der Waals surface area contributed by atoms with Gasteiger partial charge >= 0.3 is 5.97 Å². The molecule has 3 heterocycles. The average Bonchev–Trinajstić information content (AvgIpc) is 3.05. The van der Waals surface area contributed by atoms with Gasteiger partial charge in [-0.2, -0.15) is 5.10 Å². The summed E-state index contributed by atoms with van der Waals surface area (Å²) >= 11 is 0. The van der Waals surface area contributed by atoms with Crippen LogP contribution in [0.3, 0.4) is 0 Å². The molecular weight excluding hydrogens is 324 g/mol. The van der Waals surface area contributed by atoms with Crippen molar-refractivity contribution in [3.8, 4) is 0 Å². The van der Waals surface area contributed by atoms with E-state index >= 15 is 0 Å². The number of carbonyl (C=O) groups is 2. The van der Waals surface area contributed by atoms with Crippen LogP contribution >= 0.6 is 0 Å². The Balaban J connectivity index is 1.60. The van der Waals surface area contributed by atoms with Gasteiger partial charge in [0.05, 0.1) is 6.20 Å². The first-order valence-electron chi connectivity index (χ1n) is 8.86. The molecule has 0 spiro atoms. The Morgan fingerprint density at radius 2 is 2.32 bits per heavy atom. The van der Waals surface area contributed by atoms with Crippen molar-refractivity contribution in [3.63, 3.8) is 0 Å². The monoisotopic (exact) mass is 350 g/mol. The Hall–Kier alpha value is -1.93. The van der Waals surface area contributed by atoms with E-state index in [0.717, 1.165) is 44.5 Å². The number of fused-ring (bicyclic) bond motifs is 1. The Bertz CT molecular complexity index is 618. The van der Waals surface area contributed by atoms with Gasteiger partial charge in [-0.15, -0.1) is 0 Å². The summed E-state index contributed by atoms with van der Waals surface area (Å²) in [4.78, 5) is 27.8. The van der Waals surface area contributed by atoms with Gasteiger partial charge in [0.25, 0.3) is 0 Å². The predicted octanol–water partition coefficient (Wildman–Crippen LogP) is 0.957. The molecule has 0 bridgehead atoms. The smallest absolute Gasteiger partial charge is 0.354 e. The summed E-state index contributed by atoms with van der Waals surface area (Å²) < 4.78 is 5.11. The maximum Gasteiger partial charge on any atom is 0.354 e. The number of nitrogens with one attached hydrogen (secondary N) is 1. The fourth-order valence-corrected chi connectivity index (χ4v) is 4.10. The summed E-state index contributed by atoms with van der Waals surface area (Å²) in [5, 5.41) is 15.6. The molecule has 2 atom stereocenters. The number of aromatic nitrogens is 2. The lowest BCUT2D eigenvalue weighted by molar-refractivity contribution is -0.141. The molecule has 0 aromatic carbocycles. The molecule has 2 aliphatic rings. The molecule has 2 fully saturated rings. The van der Waals surface area contributed by atoms with Crippen LogP contribution in [0.15, 0.2) is 6.20 Å². The SMILES string of the molecule is COCCCN1C(=O)CC[C@H]2CN(Cc3cn[nH]c3C(=O)O)CC[C@H]21. The molecule has 2 N–H and O–H groups in total. The number of hydrogen-bond acceptors (Lipinski definition) is 5. The van der Waals surface area contributed by atoms with Gasteiger partial charge in [0, 0.05) is 57.9 Å². The number of amides is 1. The molecule has 8 heteroatoms. The number of rotatable bonds is 7. The first-order chi connectivity index (χ1) is 12.1. The summed E-state index contributed by atoms with van der Waals surface area (Å²) in [6.07, 6.45) is 4.92. The molecule has 2 aliphatic heterocycles. The van der Waals surface area contributed by atoms with Crippen LogP contribution in [0, 0.1) is 5.92 Å². The molecule has 138 valence electrons. The van der Waals surface area contributed by atoms with Crippen molar-refractivity contribution in [1.82, 2.24) is 20.0 Å². The molecule has 0 aliphatic carbocycles. The van der Waals surface area contributed by atoms with Crippen molar-refractivity contribution in [2.75, 3.05) is 33.4 Å². The summed E-state index contributed by atoms with van der Waals surface area (Å²) in [6.45, 7) is 3.77. The molecule has 3 rings (SSSR count). The number of nitrogens with zero attached hydrogens (tertiary/aromatic N) is 3. The normalized spacial score (nSPS) is 24.4. The highest BCUT2D eigenvalue weighted by Crippen LogP contribution is 2.32. The number of hydrogen-bond donors (Lipinski definition) is 2. The molecule has 2 saturated heterocycles. The van der Waals surface area contributed by atoms with Crippen LogP contribution < -0.4 is 0 Å². The number of aromatic amines is 1. The van der Waals surface area contributed by atoms with E-state index in [1.807, 2.05) is 4.90 Å². The molecule has 8 nitrogen and oxygen atoms in total. The number of carbonyl (C=O) groups excluding carboxylic acids is 1. The fourth-order valence-electron chi connectivity index (χ4n) is 4.10. The van der Waals surface area contributed by atoms with Gasteiger partial charge in [-0.05, 0) is 25.2 Å². The topological polar surface area (TPSA) is 98.8 Å². The number of carboxylic acid groups (broad SMARTS) is 1. The highest BCUT2D eigenvalue weighted by molar-refractivity contribution is 5.86. The van der Waals surface area contributed by atoms with Gasteiger partial charge in [0.15, 0.2) is 0 Å². The Morgan fingerprint density at radius 1 is 1.48 bits per heavy atom. The van der Waals surface area contributed by atoms with E-state index < -0.39 is 5.97 Å². The van der Waals surface area contributed by atoms with Crippen LogP contribution in [-0.2, 0) is 16.1 Å². The highest BCUT2D eigenvalue weighted by Gasteiger charge is 2.39. The predicted molar refractivity (Wildman–Crippen MR) is 90.2 cm³/mol. The second-order valence-corrected chi connectivity index (χ2v) is 6.90. The van der Waals surface area contributed by atoms with E-state index in [4.69, 9.17) is 4.74 Å². The summed E-state index contributed by atoms with van der Waals surface area (Å²) in [5.41, 5.74) is 0.886. The first-order valence-corrected chi connectivity index (χ1v) is 8.86. The second-order valence-electron chi connectivity index (χ2n) is 6.90. The maximum absolute atomic E-state index is 12.3. The second kappa shape index (κ2) is 7.97. The average molecular weight is 350 g/mol. The number of H-pyrrole nitrogens is 1. The van der Waals surface area contributed by atoms with Crippen molar-refractivity contribution in [1.29, 1.82) is 0 Å². The lowest BCUT2D eigenvalue weighted by Crippen LogP contribution is -2.56. The molecular formula is C17H26N4O4. The van der Waals surface area contributed by atoms with Gasteiger partial charge < -0.3 is 14.7 Å². The molecule has 1 aromatic heterocycles. The lowest BCUT2D eigenvalue weighted by atomic mass is 9.83. The number of ether oxygens (including phenoxy) is 1. The summed E-state index contributed by atoms with van der Waals surface area (Å²) in [5.74, 6) is -0.266. The third-order valence-corrected chi connectivity index (χ3v) is 5.30. The van der Waals surface area contributed by atoms with Crippen LogP contribution in [0.1, 0.15) is 41.7 Å². The van der Waals surface area contributed by atoms with Gasteiger partial charge in [0.2, 0.25) is 5.91 Å². The van der Waals surface area contributed by atoms with Gasteiger partial charge in [-0.25, -0.2) is 4.79 Å². The zero-order chi connectivity index (χ0) is 17.8. The van der Waals surface area contributed by atoms with Crippen molar-refractivity contribution in [2.24, 2.45) is 5.92 Å². The minimum Gasteiger partial charge on any atom is -0.477 e. The number of aromatic carboxylic acids is 1. The molecule has 1 amide bonds. The summed E-state index contributed by atoms with van der Waals surface area (Å²) in [7, 11) is 1.68. The van der Waals surface area contributed by atoms with Gasteiger partial charge in [0.1, 0.15) is 5.69 Å². The van der Waals surface area contributed by atoms with E-state index in [1.165, 1.54) is 0 Å². The quantitative estimate of drug-likeness (QED) is 0.711. The van der Waals surface area contributed by atoms with Crippen molar-refractivity contribution < 1.29 is 19.4 Å². The van der Waals surface area contributed by atoms with Crippen LogP contribution in [0.4, 0.5) is 0 Å². The van der Waals surface area contributed by atoms with Crippen molar-refractivity contribution in [2.45, 2.75) is 38.3 Å². The lowest BCUT2D eigenvalue weighted by Gasteiger charge is -2.47. The Morgan fingerprint density at radius 3 is 3.08 bits per heavy atom. The van der Waals surface area contributed by atoms with Crippen LogP contribution in [0.5, 0.6) is 0 Å². The standard InChI is InChI=1S/C17H26N4O4/c1-25-8-2-6-21-14-5-7-20(10-12(14)3-4-15(21)22)11-13-9-18-19-16(13)17(23)24/h9,12,14H,2-8,10-11H2,1H3,(H,18,19)(H,23,24)/t12-,14+/m0/s1. The minimum atomic E-state index is -0.977. The molecule has 0 radical (unpaired) electrons. The Kier molecular flexibility index (Phi) is 5.70. The van der Waals surface area contributed by atoms with E-state index in [9.17, 15) is 14.7 Å². The van der Waals surface area contributed by atoms with Crippen molar-refractivity contribution >= 4 is 11.9 Å². The van der Waals surface area contributed by atoms with Crippen molar-refractivity contribution in [3.05, 3.63) is 17.5 Å². The van der Waals surface area contributed by atoms with E-state index in [1.54, 1.807) is 13.3 Å². The Labute approximate surface area is 147 Å². The van der Waals surface area contributed by atoms with Crippen LogP contribution in [0.2, 0.25) is 0 Å². The van der Waals surface area contributed by atoms with E-state index in [-0.39, 0.29) is 11.6 Å². The van der Waals surface area contributed by atoms with Crippen LogP contribution in [-0.4, -0.2) is 76.4 Å². The minimum absolute atomic E-state index is 0.169. The number of carboxylic acids is 1. The van der Waals surface area contributed by atoms with Gasteiger partial charge in [-0.3, -0.25) is 14.8 Å². The van der Waals surface area contributed by atoms with Crippen LogP contribution in [0.25, 0.3) is 0 Å². The summed E-state index contributed by atoms with van der Waals surface area (Å²) in [6, 6.07) is 0.303. The van der Waals surface area contributed by atoms with Gasteiger partial charge in [-0.1, -0.05) is 0 Å². The largest absolute Gasteiger partial charge is 0.477 e. The fraction of sp³-hybridized carbons (Fsp3) is 0.706. The highest BCUT2D eigenvalue weighted by atomic mass is 16.5. The zero-order valence-electron chi connectivity index (χ0n) is 14.6. The number of likely N-dealkylation sites (tertiary alicyclic amines) is 2. The van der Waals surface area contributed by atoms with E-state index in [0.29, 0.717) is 31.5 Å². The number of piperidine rings is 2.